The lowest BCUT2D eigenvalue weighted by Crippen LogP contribution is -2.48. The van der Waals surface area contributed by atoms with Crippen LogP contribution in [-0.4, -0.2) is 29.1 Å². The fourth-order valence-electron chi connectivity index (χ4n) is 3.27. The van der Waals surface area contributed by atoms with Gasteiger partial charge in [-0.2, -0.15) is 0 Å². The van der Waals surface area contributed by atoms with Crippen molar-refractivity contribution in [3.8, 4) is 5.75 Å². The third kappa shape index (κ3) is 3.86. The summed E-state index contributed by atoms with van der Waals surface area (Å²) in [5.41, 5.74) is -0.855. The number of hydrogen-bond donors (Lipinski definition) is 2. The molecule has 2 fully saturated rings. The normalized spacial score (nSPS) is 24.9. The first kappa shape index (κ1) is 16.7. The van der Waals surface area contributed by atoms with Crippen LogP contribution in [0.25, 0.3) is 0 Å². The fourth-order valence-corrected chi connectivity index (χ4v) is 3.27. The maximum absolute atomic E-state index is 13.0. The third-order valence-electron chi connectivity index (χ3n) is 4.96. The van der Waals surface area contributed by atoms with Gasteiger partial charge in [0.15, 0.2) is 0 Å². The largest absolute Gasteiger partial charge is 0.488 e. The number of rotatable bonds is 6. The second-order valence-corrected chi connectivity index (χ2v) is 6.83. The average Bonchev–Trinajstić information content (AvgIpc) is 3.32. The molecule has 0 spiro atoms. The van der Waals surface area contributed by atoms with E-state index in [9.17, 15) is 19.1 Å². The van der Waals surface area contributed by atoms with Crippen LogP contribution in [0.2, 0.25) is 0 Å². The Labute approximate surface area is 140 Å². The number of amides is 1. The molecule has 0 saturated heterocycles. The van der Waals surface area contributed by atoms with Crippen molar-refractivity contribution in [1.82, 2.24) is 5.32 Å². The molecule has 3 rings (SSSR count). The van der Waals surface area contributed by atoms with Gasteiger partial charge in [0.05, 0.1) is 11.5 Å². The summed E-state index contributed by atoms with van der Waals surface area (Å²) in [5.74, 6) is -0.860. The van der Waals surface area contributed by atoms with E-state index >= 15 is 0 Å². The van der Waals surface area contributed by atoms with Crippen molar-refractivity contribution in [2.75, 3.05) is 0 Å². The van der Waals surface area contributed by atoms with Gasteiger partial charge in [0.1, 0.15) is 17.7 Å². The van der Waals surface area contributed by atoms with Gasteiger partial charge in [0.2, 0.25) is 5.91 Å². The van der Waals surface area contributed by atoms with E-state index in [-0.39, 0.29) is 30.3 Å². The molecular weight excluding hydrogens is 313 g/mol. The molecule has 0 bridgehead atoms. The molecule has 5 nitrogen and oxygen atoms in total. The van der Waals surface area contributed by atoms with Crippen LogP contribution < -0.4 is 10.1 Å². The SMILES string of the molecule is O=C(CC1(C(=O)O)CC1)N[C@@H]1CCCC[C@@H]1Oc1ccc(F)cc1. The lowest BCUT2D eigenvalue weighted by Gasteiger charge is -2.32. The van der Waals surface area contributed by atoms with Gasteiger partial charge in [0, 0.05) is 6.42 Å². The van der Waals surface area contributed by atoms with Gasteiger partial charge in [-0.3, -0.25) is 9.59 Å². The standard InChI is InChI=1S/C18H22FNO4/c19-12-5-7-13(8-6-12)24-15-4-2-1-3-14(15)20-16(21)11-18(9-10-18)17(22)23/h5-8,14-15H,1-4,9-11H2,(H,20,21)(H,22,23)/t14-,15+/m1/s1. The third-order valence-corrected chi connectivity index (χ3v) is 4.96. The Balaban J connectivity index is 1.59. The fraction of sp³-hybridized carbons (Fsp3) is 0.556. The number of carbonyl (C=O) groups is 2. The number of nitrogens with one attached hydrogen (secondary N) is 1. The Morgan fingerprint density at radius 1 is 1.21 bits per heavy atom. The number of carbonyl (C=O) groups excluding carboxylic acids is 1. The summed E-state index contributed by atoms with van der Waals surface area (Å²) in [6, 6.07) is 5.70. The van der Waals surface area contributed by atoms with Crippen LogP contribution in [0.4, 0.5) is 4.39 Å². The minimum absolute atomic E-state index is 0.0299. The Kier molecular flexibility index (Phi) is 4.73. The molecule has 0 unspecified atom stereocenters. The van der Waals surface area contributed by atoms with E-state index < -0.39 is 11.4 Å². The molecule has 130 valence electrons. The van der Waals surface area contributed by atoms with Crippen LogP contribution in [0.15, 0.2) is 24.3 Å². The summed E-state index contributed by atoms with van der Waals surface area (Å²) < 4.78 is 18.9. The van der Waals surface area contributed by atoms with Gasteiger partial charge >= 0.3 is 5.97 Å². The van der Waals surface area contributed by atoms with Crippen molar-refractivity contribution in [2.24, 2.45) is 5.41 Å². The molecule has 1 amide bonds. The van der Waals surface area contributed by atoms with Crippen LogP contribution in [0.5, 0.6) is 5.75 Å². The minimum atomic E-state index is -0.889. The van der Waals surface area contributed by atoms with Crippen LogP contribution in [0.1, 0.15) is 44.9 Å². The molecule has 2 saturated carbocycles. The average molecular weight is 335 g/mol. The molecule has 24 heavy (non-hydrogen) atoms. The summed E-state index contributed by atoms with van der Waals surface area (Å²) in [6.07, 6.45) is 4.61. The molecule has 1 aromatic carbocycles. The van der Waals surface area contributed by atoms with E-state index in [4.69, 9.17) is 4.74 Å². The van der Waals surface area contributed by atoms with Crippen molar-refractivity contribution in [3.05, 3.63) is 30.1 Å². The summed E-state index contributed by atoms with van der Waals surface area (Å²) in [6.45, 7) is 0. The molecule has 0 aromatic heterocycles. The number of benzene rings is 1. The molecular formula is C18H22FNO4. The Hall–Kier alpha value is -2.11. The predicted octanol–water partition coefficient (Wildman–Crippen LogP) is 2.89. The van der Waals surface area contributed by atoms with Crippen LogP contribution >= 0.6 is 0 Å². The summed E-state index contributed by atoms with van der Waals surface area (Å²) in [5, 5.41) is 12.1. The van der Waals surface area contributed by atoms with Crippen LogP contribution in [0, 0.1) is 11.2 Å². The Bertz CT molecular complexity index is 612. The molecule has 2 atom stereocenters. The quantitative estimate of drug-likeness (QED) is 0.838. The van der Waals surface area contributed by atoms with Crippen molar-refractivity contribution < 1.29 is 23.8 Å². The second-order valence-electron chi connectivity index (χ2n) is 6.83. The van der Waals surface area contributed by atoms with Crippen LogP contribution in [0.3, 0.4) is 0 Å². The molecule has 2 aliphatic carbocycles. The van der Waals surface area contributed by atoms with Crippen LogP contribution in [-0.2, 0) is 9.59 Å². The van der Waals surface area contributed by atoms with E-state index in [2.05, 4.69) is 5.32 Å². The highest BCUT2D eigenvalue weighted by Crippen LogP contribution is 2.49. The highest BCUT2D eigenvalue weighted by Gasteiger charge is 2.51. The number of hydrogen-bond acceptors (Lipinski definition) is 3. The highest BCUT2D eigenvalue weighted by atomic mass is 19.1. The topological polar surface area (TPSA) is 75.6 Å². The zero-order chi connectivity index (χ0) is 17.2. The van der Waals surface area contributed by atoms with Crippen molar-refractivity contribution in [1.29, 1.82) is 0 Å². The van der Waals surface area contributed by atoms with Gasteiger partial charge in [-0.05, 0) is 56.4 Å². The number of aliphatic carboxylic acids is 1. The molecule has 0 heterocycles. The zero-order valence-electron chi connectivity index (χ0n) is 13.5. The Morgan fingerprint density at radius 3 is 2.50 bits per heavy atom. The van der Waals surface area contributed by atoms with Gasteiger partial charge in [0.25, 0.3) is 0 Å². The number of halogens is 1. The summed E-state index contributed by atoms with van der Waals surface area (Å²) in [7, 11) is 0. The maximum atomic E-state index is 13.0. The van der Waals surface area contributed by atoms with E-state index in [0.29, 0.717) is 18.6 Å². The molecule has 6 heteroatoms. The molecule has 0 radical (unpaired) electrons. The maximum Gasteiger partial charge on any atom is 0.310 e. The zero-order valence-corrected chi connectivity index (χ0v) is 13.5. The number of carboxylic acid groups (broad SMARTS) is 1. The summed E-state index contributed by atoms with van der Waals surface area (Å²) in [4.78, 5) is 23.4. The number of ether oxygens (including phenoxy) is 1. The van der Waals surface area contributed by atoms with E-state index in [1.807, 2.05) is 0 Å². The van der Waals surface area contributed by atoms with Gasteiger partial charge < -0.3 is 15.2 Å². The molecule has 0 aliphatic heterocycles. The van der Waals surface area contributed by atoms with Gasteiger partial charge in [-0.25, -0.2) is 4.39 Å². The first-order valence-corrected chi connectivity index (χ1v) is 8.43. The predicted molar refractivity (Wildman–Crippen MR) is 85.1 cm³/mol. The lowest BCUT2D eigenvalue weighted by atomic mass is 9.91. The van der Waals surface area contributed by atoms with Crippen molar-refractivity contribution in [3.63, 3.8) is 0 Å². The lowest BCUT2D eigenvalue weighted by molar-refractivity contribution is -0.146. The first-order valence-electron chi connectivity index (χ1n) is 8.43. The van der Waals surface area contributed by atoms with E-state index in [1.165, 1.54) is 12.1 Å². The van der Waals surface area contributed by atoms with Gasteiger partial charge in [-0.15, -0.1) is 0 Å². The smallest absolute Gasteiger partial charge is 0.310 e. The monoisotopic (exact) mass is 335 g/mol. The Morgan fingerprint density at radius 2 is 1.88 bits per heavy atom. The van der Waals surface area contributed by atoms with Gasteiger partial charge in [-0.1, -0.05) is 6.42 Å². The second kappa shape index (κ2) is 6.79. The highest BCUT2D eigenvalue weighted by molar-refractivity contribution is 5.87. The summed E-state index contributed by atoms with van der Waals surface area (Å²) >= 11 is 0. The van der Waals surface area contributed by atoms with E-state index in [0.717, 1.165) is 25.7 Å². The molecule has 1 aromatic rings. The minimum Gasteiger partial charge on any atom is -0.488 e. The first-order chi connectivity index (χ1) is 11.5. The van der Waals surface area contributed by atoms with Crippen molar-refractivity contribution in [2.45, 2.75) is 57.1 Å². The number of carboxylic acids is 1. The van der Waals surface area contributed by atoms with E-state index in [1.54, 1.807) is 12.1 Å². The van der Waals surface area contributed by atoms with Crippen molar-refractivity contribution >= 4 is 11.9 Å². The molecule has 2 aliphatic rings. The molecule has 2 N–H and O–H groups in total.